The maximum atomic E-state index is 11.9. The summed E-state index contributed by atoms with van der Waals surface area (Å²) < 4.78 is 1.54. The molecule has 0 N–H and O–H groups in total. The summed E-state index contributed by atoms with van der Waals surface area (Å²) in [5, 5.41) is 0. The molecule has 0 aliphatic carbocycles. The molecule has 0 spiro atoms. The second kappa shape index (κ2) is 17.6. The van der Waals surface area contributed by atoms with Gasteiger partial charge in [-0.15, -0.1) is 0 Å². The first kappa shape index (κ1) is 34.0. The van der Waals surface area contributed by atoms with Gasteiger partial charge in [0.15, 0.2) is 0 Å². The molecule has 230 valence electrons. The van der Waals surface area contributed by atoms with Crippen LogP contribution in [-0.4, -0.2) is 4.70 Å². The van der Waals surface area contributed by atoms with Gasteiger partial charge >= 0.3 is 0 Å². The Bertz CT molecular complexity index is 1190. The van der Waals surface area contributed by atoms with Gasteiger partial charge in [-0.2, -0.15) is 0 Å². The maximum Gasteiger partial charge on any atom is 0.210 e. The van der Waals surface area contributed by atoms with Gasteiger partial charge in [0.05, 0.1) is 0 Å². The Labute approximate surface area is 259 Å². The fourth-order valence-electron chi connectivity index (χ4n) is 6.56. The zero-order valence-electron chi connectivity index (χ0n) is 28.3. The molecule has 0 bridgehead atoms. The van der Waals surface area contributed by atoms with Gasteiger partial charge in [0, 0.05) is 22.8 Å². The van der Waals surface area contributed by atoms with Crippen molar-refractivity contribution >= 4 is 11.4 Å². The molecule has 2 nitrogen and oxygen atoms in total. The molecule has 42 heavy (non-hydrogen) atoms. The average molecular weight is 569 g/mol. The molecule has 0 atom stereocenters. The summed E-state index contributed by atoms with van der Waals surface area (Å²) in [6.45, 7) is 15.8. The molecule has 0 amide bonds. The average Bonchev–Trinajstić information content (AvgIpc) is 3.30. The Hall–Kier alpha value is -2.48. The van der Waals surface area contributed by atoms with E-state index in [1.54, 1.807) is 5.56 Å². The number of rotatable bonds is 19. The SMILES string of the molecule is CCCCCCC1=C(c2cc(C)c(C)c(C)c2)[N+](=[N-])C(c2cc(CCCCC)c(CCCCC)c(CCCCC)c2)=C1. The van der Waals surface area contributed by atoms with Crippen LogP contribution in [0, 0.1) is 20.8 Å². The number of unbranched alkanes of at least 4 members (excludes halogenated alkanes) is 9. The van der Waals surface area contributed by atoms with Crippen LogP contribution in [0.25, 0.3) is 16.9 Å². The first-order valence-corrected chi connectivity index (χ1v) is 17.5. The molecule has 2 heteroatoms. The van der Waals surface area contributed by atoms with E-state index in [1.807, 2.05) is 0 Å². The zero-order valence-corrected chi connectivity index (χ0v) is 28.3. The first-order chi connectivity index (χ1) is 20.4. The molecule has 0 unspecified atom stereocenters. The first-order valence-electron chi connectivity index (χ1n) is 17.5. The summed E-state index contributed by atoms with van der Waals surface area (Å²) in [5.41, 5.74) is 26.1. The third-order valence-electron chi connectivity index (χ3n) is 9.42. The van der Waals surface area contributed by atoms with E-state index in [4.69, 9.17) is 0 Å². The van der Waals surface area contributed by atoms with E-state index in [9.17, 15) is 5.53 Å². The lowest BCUT2D eigenvalue weighted by atomic mass is 9.88. The molecule has 2 aromatic carbocycles. The standard InChI is InChI=1S/C40H60N2/c1-8-12-16-20-23-35-29-39(42(41)40(35)37-25-30(5)32(7)31(6)26-37)36-27-33(21-17-13-9-2)38(24-19-15-11-4)34(28-36)22-18-14-10-3/h25-29H,8-24H2,1-7H3. The van der Waals surface area contributed by atoms with Crippen LogP contribution >= 0.6 is 0 Å². The van der Waals surface area contributed by atoms with E-state index in [1.165, 1.54) is 127 Å². The molecular weight excluding hydrogens is 508 g/mol. The molecule has 0 saturated heterocycles. The predicted octanol–water partition coefficient (Wildman–Crippen LogP) is 12.6. The van der Waals surface area contributed by atoms with E-state index in [-0.39, 0.29) is 0 Å². The summed E-state index contributed by atoms with van der Waals surface area (Å²) in [6, 6.07) is 9.43. The molecular formula is C40H60N2. The second-order valence-electron chi connectivity index (χ2n) is 12.9. The van der Waals surface area contributed by atoms with Gasteiger partial charge in [0.25, 0.3) is 0 Å². The molecule has 1 heterocycles. The van der Waals surface area contributed by atoms with Gasteiger partial charge in [-0.3, -0.25) is 0 Å². The summed E-state index contributed by atoms with van der Waals surface area (Å²) in [4.78, 5) is 0. The minimum Gasteiger partial charge on any atom is -0.493 e. The summed E-state index contributed by atoms with van der Waals surface area (Å²) in [7, 11) is 0. The van der Waals surface area contributed by atoms with Gasteiger partial charge in [-0.1, -0.05) is 85.5 Å². The van der Waals surface area contributed by atoms with Crippen LogP contribution in [0.5, 0.6) is 0 Å². The minimum absolute atomic E-state index is 0.958. The molecule has 2 aromatic rings. The monoisotopic (exact) mass is 568 g/mol. The Morgan fingerprint density at radius 3 is 1.55 bits per heavy atom. The highest BCUT2D eigenvalue weighted by atomic mass is 15.2. The van der Waals surface area contributed by atoms with Gasteiger partial charge in [-0.05, 0) is 130 Å². The molecule has 0 saturated carbocycles. The van der Waals surface area contributed by atoms with Crippen LogP contribution in [0.4, 0.5) is 0 Å². The van der Waals surface area contributed by atoms with E-state index in [0.29, 0.717) is 0 Å². The summed E-state index contributed by atoms with van der Waals surface area (Å²) in [6.07, 6.45) is 23.0. The van der Waals surface area contributed by atoms with Crippen LogP contribution < -0.4 is 0 Å². The molecule has 3 rings (SSSR count). The maximum absolute atomic E-state index is 11.9. The van der Waals surface area contributed by atoms with Crippen molar-refractivity contribution in [2.75, 3.05) is 0 Å². The van der Waals surface area contributed by atoms with Crippen molar-refractivity contribution in [3.05, 3.63) is 86.0 Å². The number of hydrogen-bond acceptors (Lipinski definition) is 0. The Morgan fingerprint density at radius 1 is 0.548 bits per heavy atom. The van der Waals surface area contributed by atoms with Crippen molar-refractivity contribution in [1.29, 1.82) is 0 Å². The molecule has 1 aliphatic heterocycles. The normalized spacial score (nSPS) is 13.4. The van der Waals surface area contributed by atoms with Crippen LogP contribution in [0.2, 0.25) is 0 Å². The lowest BCUT2D eigenvalue weighted by Crippen LogP contribution is -2.07. The largest absolute Gasteiger partial charge is 0.493 e. The Morgan fingerprint density at radius 2 is 1.02 bits per heavy atom. The highest BCUT2D eigenvalue weighted by Gasteiger charge is 2.30. The lowest BCUT2D eigenvalue weighted by Gasteiger charge is -2.19. The molecule has 0 radical (unpaired) electrons. The van der Waals surface area contributed by atoms with Gasteiger partial charge < -0.3 is 5.53 Å². The second-order valence-corrected chi connectivity index (χ2v) is 12.9. The van der Waals surface area contributed by atoms with Crippen LogP contribution in [0.1, 0.15) is 162 Å². The smallest absolute Gasteiger partial charge is 0.210 e. The van der Waals surface area contributed by atoms with Crippen molar-refractivity contribution in [3.63, 3.8) is 0 Å². The third kappa shape index (κ3) is 9.01. The molecule has 0 fully saturated rings. The Kier molecular flexibility index (Phi) is 14.2. The van der Waals surface area contributed by atoms with Gasteiger partial charge in [0.1, 0.15) is 0 Å². The van der Waals surface area contributed by atoms with Crippen LogP contribution in [-0.2, 0) is 19.3 Å². The minimum atomic E-state index is 0.958. The van der Waals surface area contributed by atoms with Crippen molar-refractivity contribution in [3.8, 4) is 0 Å². The van der Waals surface area contributed by atoms with Crippen molar-refractivity contribution in [1.82, 2.24) is 0 Å². The van der Waals surface area contributed by atoms with Crippen molar-refractivity contribution in [2.45, 2.75) is 158 Å². The van der Waals surface area contributed by atoms with Crippen molar-refractivity contribution < 1.29 is 4.70 Å². The lowest BCUT2D eigenvalue weighted by molar-refractivity contribution is -0.344. The highest BCUT2D eigenvalue weighted by Crippen LogP contribution is 2.40. The topological polar surface area (TPSA) is 25.3 Å². The Balaban J connectivity index is 2.09. The third-order valence-corrected chi connectivity index (χ3v) is 9.42. The van der Waals surface area contributed by atoms with E-state index >= 15 is 0 Å². The number of hydrogen-bond donors (Lipinski definition) is 0. The quantitative estimate of drug-likeness (QED) is 0.119. The fraction of sp³-hybridized carbons (Fsp3) is 0.600. The van der Waals surface area contributed by atoms with E-state index in [0.717, 1.165) is 42.6 Å². The highest BCUT2D eigenvalue weighted by molar-refractivity contribution is 5.79. The fourth-order valence-corrected chi connectivity index (χ4v) is 6.56. The van der Waals surface area contributed by atoms with E-state index in [2.05, 4.69) is 78.8 Å². The number of aryl methyl sites for hydroxylation is 4. The zero-order chi connectivity index (χ0) is 30.5. The van der Waals surface area contributed by atoms with Crippen molar-refractivity contribution in [2.24, 2.45) is 0 Å². The molecule has 0 aromatic heterocycles. The van der Waals surface area contributed by atoms with E-state index < -0.39 is 0 Å². The van der Waals surface area contributed by atoms with Gasteiger partial charge in [0.2, 0.25) is 11.4 Å². The van der Waals surface area contributed by atoms with Crippen LogP contribution in [0.15, 0.2) is 35.9 Å². The number of benzene rings is 2. The number of allylic oxidation sites excluding steroid dienone is 2. The summed E-state index contributed by atoms with van der Waals surface area (Å²) in [5.74, 6) is 0. The summed E-state index contributed by atoms with van der Waals surface area (Å²) >= 11 is 0. The van der Waals surface area contributed by atoms with Crippen LogP contribution in [0.3, 0.4) is 0 Å². The van der Waals surface area contributed by atoms with Gasteiger partial charge in [-0.25, -0.2) is 4.70 Å². The molecule has 1 aliphatic rings. The predicted molar refractivity (Wildman–Crippen MR) is 184 cm³/mol. The number of nitrogens with zero attached hydrogens (tertiary/aromatic N) is 2.